The number of cyclic esters (lactones) is 1. The molecule has 0 unspecified atom stereocenters. The predicted molar refractivity (Wildman–Crippen MR) is 112 cm³/mol. The Morgan fingerprint density at radius 2 is 1.94 bits per heavy atom. The number of nitrogens with one attached hydrogen (secondary N) is 2. The largest absolute Gasteiger partial charge is 0.480 e. The number of ether oxygens (including phenoxy) is 1. The maximum Gasteiger partial charge on any atom is 0.414 e. The van der Waals surface area contributed by atoms with Crippen molar-refractivity contribution in [3.8, 4) is 0 Å². The summed E-state index contributed by atoms with van der Waals surface area (Å²) in [4.78, 5) is 50.8. The molecule has 2 aliphatic rings. The summed E-state index contributed by atoms with van der Waals surface area (Å²) in [6.45, 7) is 4.48. The van der Waals surface area contributed by atoms with Gasteiger partial charge in [-0.2, -0.15) is 0 Å². The molecular weight excluding hydrogens is 425 g/mol. The Bertz CT molecular complexity index is 904. The molecule has 4 amide bonds. The van der Waals surface area contributed by atoms with Crippen LogP contribution in [0.1, 0.15) is 13.8 Å². The number of aliphatic carboxylic acids is 1. The topological polar surface area (TPSA) is 132 Å². The van der Waals surface area contributed by atoms with Gasteiger partial charge in [0, 0.05) is 33.1 Å². The van der Waals surface area contributed by atoms with Crippen LogP contribution in [-0.4, -0.2) is 85.4 Å². The molecule has 2 fully saturated rings. The fourth-order valence-electron chi connectivity index (χ4n) is 3.51. The predicted octanol–water partition coefficient (Wildman–Crippen LogP) is 0.592. The molecule has 174 valence electrons. The lowest BCUT2D eigenvalue weighted by atomic mass is 10.2. The van der Waals surface area contributed by atoms with Crippen LogP contribution in [0.15, 0.2) is 18.2 Å². The third-order valence-electron chi connectivity index (χ3n) is 5.31. The molecule has 3 rings (SSSR count). The third kappa shape index (κ3) is 5.37. The van der Waals surface area contributed by atoms with Crippen molar-refractivity contribution in [3.63, 3.8) is 0 Å². The first-order valence-electron chi connectivity index (χ1n) is 10.2. The molecule has 0 bridgehead atoms. The van der Waals surface area contributed by atoms with Crippen molar-refractivity contribution < 1.29 is 33.4 Å². The molecule has 1 aromatic rings. The summed E-state index contributed by atoms with van der Waals surface area (Å²) in [5.74, 6) is -1.87. The quantitative estimate of drug-likeness (QED) is 0.577. The van der Waals surface area contributed by atoms with Crippen LogP contribution in [0.25, 0.3) is 0 Å². The van der Waals surface area contributed by atoms with Crippen molar-refractivity contribution in [2.24, 2.45) is 0 Å². The van der Waals surface area contributed by atoms with Crippen molar-refractivity contribution >= 4 is 35.4 Å². The molecule has 12 heteroatoms. The number of anilines is 2. The molecule has 1 aromatic carbocycles. The van der Waals surface area contributed by atoms with Gasteiger partial charge in [0.1, 0.15) is 18.0 Å². The van der Waals surface area contributed by atoms with Crippen molar-refractivity contribution in [1.29, 1.82) is 0 Å². The molecule has 0 spiro atoms. The smallest absolute Gasteiger partial charge is 0.414 e. The van der Waals surface area contributed by atoms with E-state index in [1.807, 2.05) is 0 Å². The van der Waals surface area contributed by atoms with Gasteiger partial charge in [0.15, 0.2) is 0 Å². The SMILES string of the molecule is CC(=O)NC[C@H]1CN(c2ccc(N3CCN(C(=O)N[C@H](C)C(=O)O)CC3)c(F)c2)C(=O)O1. The zero-order valence-electron chi connectivity index (χ0n) is 17.8. The van der Waals surface area contributed by atoms with Crippen LogP contribution in [-0.2, 0) is 14.3 Å². The average molecular weight is 451 g/mol. The second-order valence-electron chi connectivity index (χ2n) is 7.67. The van der Waals surface area contributed by atoms with E-state index in [-0.39, 0.29) is 19.0 Å². The van der Waals surface area contributed by atoms with Gasteiger partial charge in [0.2, 0.25) is 5.91 Å². The first kappa shape index (κ1) is 23.1. The Kier molecular flexibility index (Phi) is 7.01. The summed E-state index contributed by atoms with van der Waals surface area (Å²) in [6, 6.07) is 2.97. The van der Waals surface area contributed by atoms with Gasteiger partial charge in [-0.15, -0.1) is 0 Å². The zero-order chi connectivity index (χ0) is 23.4. The summed E-state index contributed by atoms with van der Waals surface area (Å²) < 4.78 is 20.0. The van der Waals surface area contributed by atoms with Crippen LogP contribution in [0, 0.1) is 5.82 Å². The Balaban J connectivity index is 1.58. The number of carbonyl (C=O) groups is 4. The van der Waals surface area contributed by atoms with Crippen molar-refractivity contribution in [1.82, 2.24) is 15.5 Å². The minimum atomic E-state index is -1.12. The van der Waals surface area contributed by atoms with Crippen LogP contribution < -0.4 is 20.4 Å². The lowest BCUT2D eigenvalue weighted by Crippen LogP contribution is -2.54. The highest BCUT2D eigenvalue weighted by atomic mass is 19.1. The van der Waals surface area contributed by atoms with E-state index in [0.717, 1.165) is 0 Å². The second kappa shape index (κ2) is 9.71. The number of carboxylic acid groups (broad SMARTS) is 1. The highest BCUT2D eigenvalue weighted by Gasteiger charge is 2.33. The molecule has 2 heterocycles. The molecule has 2 saturated heterocycles. The average Bonchev–Trinajstić information content (AvgIpc) is 3.12. The lowest BCUT2D eigenvalue weighted by molar-refractivity contribution is -0.138. The molecule has 0 aromatic heterocycles. The second-order valence-corrected chi connectivity index (χ2v) is 7.67. The van der Waals surface area contributed by atoms with Gasteiger partial charge in [-0.3, -0.25) is 14.5 Å². The van der Waals surface area contributed by atoms with Gasteiger partial charge in [-0.05, 0) is 25.1 Å². The fourth-order valence-corrected chi connectivity index (χ4v) is 3.51. The summed E-state index contributed by atoms with van der Waals surface area (Å²) in [6.07, 6.45) is -1.13. The molecule has 0 aliphatic carbocycles. The highest BCUT2D eigenvalue weighted by molar-refractivity contribution is 5.90. The summed E-state index contributed by atoms with van der Waals surface area (Å²) in [5, 5.41) is 13.9. The molecule has 2 atom stereocenters. The van der Waals surface area contributed by atoms with E-state index in [9.17, 15) is 23.6 Å². The zero-order valence-corrected chi connectivity index (χ0v) is 17.8. The van der Waals surface area contributed by atoms with Gasteiger partial charge in [-0.25, -0.2) is 14.0 Å². The van der Waals surface area contributed by atoms with Gasteiger partial charge >= 0.3 is 18.1 Å². The monoisotopic (exact) mass is 451 g/mol. The number of urea groups is 1. The van der Waals surface area contributed by atoms with Crippen molar-refractivity contribution in [3.05, 3.63) is 24.0 Å². The number of hydrogen-bond donors (Lipinski definition) is 3. The molecule has 0 saturated carbocycles. The molecule has 2 aliphatic heterocycles. The lowest BCUT2D eigenvalue weighted by Gasteiger charge is -2.36. The maximum absolute atomic E-state index is 14.8. The van der Waals surface area contributed by atoms with E-state index in [1.54, 1.807) is 17.0 Å². The van der Waals surface area contributed by atoms with E-state index in [0.29, 0.717) is 37.6 Å². The Morgan fingerprint density at radius 3 is 2.53 bits per heavy atom. The van der Waals surface area contributed by atoms with Crippen LogP contribution in [0.2, 0.25) is 0 Å². The fraction of sp³-hybridized carbons (Fsp3) is 0.500. The van der Waals surface area contributed by atoms with E-state index in [4.69, 9.17) is 9.84 Å². The Hall–Kier alpha value is -3.57. The van der Waals surface area contributed by atoms with Crippen molar-refractivity contribution in [2.45, 2.75) is 26.0 Å². The van der Waals surface area contributed by atoms with E-state index in [1.165, 1.54) is 29.7 Å². The van der Waals surface area contributed by atoms with Gasteiger partial charge in [-0.1, -0.05) is 0 Å². The minimum Gasteiger partial charge on any atom is -0.480 e. The maximum atomic E-state index is 14.8. The molecule has 0 radical (unpaired) electrons. The minimum absolute atomic E-state index is 0.182. The van der Waals surface area contributed by atoms with Crippen molar-refractivity contribution in [2.75, 3.05) is 49.1 Å². The van der Waals surface area contributed by atoms with Crippen LogP contribution >= 0.6 is 0 Å². The number of carbonyl (C=O) groups excluding carboxylic acids is 3. The van der Waals surface area contributed by atoms with Gasteiger partial charge < -0.3 is 30.3 Å². The Morgan fingerprint density at radius 1 is 1.25 bits per heavy atom. The summed E-state index contributed by atoms with van der Waals surface area (Å²) in [7, 11) is 0. The third-order valence-corrected chi connectivity index (χ3v) is 5.31. The molecule has 32 heavy (non-hydrogen) atoms. The number of nitrogens with zero attached hydrogens (tertiary/aromatic N) is 3. The number of amides is 4. The normalized spacial score (nSPS) is 19.4. The standard InChI is InChI=1S/C20H26FN5O6/c1-12(18(28)29)23-19(30)25-7-5-24(6-8-25)17-4-3-14(9-16(17)21)26-11-15(32-20(26)31)10-22-13(2)27/h3-4,9,12,15H,5-8,10-11H2,1-2H3,(H,22,27)(H,23,30)(H,28,29)/t12-,15+/m1/s1. The van der Waals surface area contributed by atoms with E-state index >= 15 is 0 Å². The number of halogens is 1. The van der Waals surface area contributed by atoms with Crippen LogP contribution in [0.5, 0.6) is 0 Å². The number of hydrogen-bond acceptors (Lipinski definition) is 6. The highest BCUT2D eigenvalue weighted by Crippen LogP contribution is 2.28. The van der Waals surface area contributed by atoms with Crippen LogP contribution in [0.4, 0.5) is 25.4 Å². The number of piperazine rings is 1. The van der Waals surface area contributed by atoms with Gasteiger partial charge in [0.05, 0.1) is 24.5 Å². The Labute approximate surface area is 184 Å². The first-order chi connectivity index (χ1) is 15.2. The van der Waals surface area contributed by atoms with E-state index < -0.39 is 36.1 Å². The first-order valence-corrected chi connectivity index (χ1v) is 10.2. The van der Waals surface area contributed by atoms with Gasteiger partial charge in [0.25, 0.3) is 0 Å². The molecule has 11 nitrogen and oxygen atoms in total. The van der Waals surface area contributed by atoms with Crippen LogP contribution in [0.3, 0.4) is 0 Å². The molecule has 3 N–H and O–H groups in total. The number of benzene rings is 1. The summed E-state index contributed by atoms with van der Waals surface area (Å²) in [5.41, 5.74) is 0.692. The summed E-state index contributed by atoms with van der Waals surface area (Å²) >= 11 is 0. The molecular formula is C20H26FN5O6. The number of rotatable bonds is 6. The van der Waals surface area contributed by atoms with E-state index in [2.05, 4.69) is 10.6 Å². The number of carboxylic acids is 1.